The molecule has 0 spiro atoms. The fourth-order valence-electron chi connectivity index (χ4n) is 5.00. The SMILES string of the molecule is COc1ccc2cc1OCC(=O)N[C@@H]1CN(C(=O)c3nccn3C)CC[C@H]1Oc1cc(F)cc(c1)CNC(=O)CC2. The van der Waals surface area contributed by atoms with E-state index in [0.29, 0.717) is 36.4 Å². The minimum atomic E-state index is -0.623. The number of likely N-dealkylation sites (tertiary alicyclic amines) is 1. The number of benzene rings is 2. The van der Waals surface area contributed by atoms with Crippen molar-refractivity contribution in [3.63, 3.8) is 0 Å². The number of carbonyl (C=O) groups is 3. The van der Waals surface area contributed by atoms with Gasteiger partial charge >= 0.3 is 0 Å². The van der Waals surface area contributed by atoms with Crippen LogP contribution in [0.25, 0.3) is 0 Å². The number of nitrogens with one attached hydrogen (secondary N) is 2. The van der Waals surface area contributed by atoms with Crippen LogP contribution in [0, 0.1) is 5.82 Å². The van der Waals surface area contributed by atoms with Crippen LogP contribution in [-0.2, 0) is 29.6 Å². The van der Waals surface area contributed by atoms with E-state index in [9.17, 15) is 18.8 Å². The molecule has 1 fully saturated rings. The lowest BCUT2D eigenvalue weighted by molar-refractivity contribution is -0.125. The van der Waals surface area contributed by atoms with E-state index < -0.39 is 23.9 Å². The molecule has 2 N–H and O–H groups in total. The Labute approximate surface area is 236 Å². The molecule has 0 unspecified atom stereocenters. The van der Waals surface area contributed by atoms with Crippen molar-refractivity contribution < 1.29 is 33.0 Å². The largest absolute Gasteiger partial charge is 0.493 e. The predicted octanol–water partition coefficient (Wildman–Crippen LogP) is 1.99. The van der Waals surface area contributed by atoms with E-state index in [4.69, 9.17) is 14.2 Å². The van der Waals surface area contributed by atoms with Crippen molar-refractivity contribution in [3.8, 4) is 17.2 Å². The first-order valence-corrected chi connectivity index (χ1v) is 13.4. The van der Waals surface area contributed by atoms with E-state index >= 15 is 0 Å². The van der Waals surface area contributed by atoms with Gasteiger partial charge in [0.05, 0.1) is 13.2 Å². The van der Waals surface area contributed by atoms with E-state index in [1.54, 1.807) is 47.1 Å². The summed E-state index contributed by atoms with van der Waals surface area (Å²) in [5.74, 6) is -0.0399. The van der Waals surface area contributed by atoms with E-state index in [0.717, 1.165) is 5.56 Å². The lowest BCUT2D eigenvalue weighted by atomic mass is 10.0. The van der Waals surface area contributed by atoms with Gasteiger partial charge in [-0.2, -0.15) is 0 Å². The fourth-order valence-corrected chi connectivity index (χ4v) is 5.00. The van der Waals surface area contributed by atoms with Crippen molar-refractivity contribution in [3.05, 3.63) is 71.6 Å². The van der Waals surface area contributed by atoms with Gasteiger partial charge in [-0.05, 0) is 41.8 Å². The number of carbonyl (C=O) groups excluding carboxylic acids is 3. The number of hydrogen-bond donors (Lipinski definition) is 2. The minimum absolute atomic E-state index is 0.126. The summed E-state index contributed by atoms with van der Waals surface area (Å²) in [6.45, 7) is 0.308. The standard InChI is InChI=1S/C29H32FN5O6/c1-34-10-8-31-28(34)29(38)35-9-7-23-22(16-35)33-27(37)17-40-25-13-18(3-5-24(25)39-2)4-6-26(36)32-15-19-11-20(30)14-21(12-19)41-23/h3,5,8,10-14,22-23H,4,6-7,9,15-17H2,1-2H3,(H,32,36)(H,33,37)/t22-,23-/m1/s1. The van der Waals surface area contributed by atoms with Crippen LogP contribution in [0.15, 0.2) is 48.8 Å². The van der Waals surface area contributed by atoms with Gasteiger partial charge in [-0.3, -0.25) is 14.4 Å². The second-order valence-corrected chi connectivity index (χ2v) is 10.1. The summed E-state index contributed by atoms with van der Waals surface area (Å²) >= 11 is 0. The Hall–Kier alpha value is -4.61. The molecule has 1 saturated heterocycles. The Balaban J connectivity index is 1.42. The zero-order valence-electron chi connectivity index (χ0n) is 22.9. The van der Waals surface area contributed by atoms with E-state index in [1.165, 1.54) is 19.2 Å². The molecular weight excluding hydrogens is 533 g/mol. The highest BCUT2D eigenvalue weighted by Gasteiger charge is 2.35. The topological polar surface area (TPSA) is 124 Å². The number of halogens is 1. The highest BCUT2D eigenvalue weighted by atomic mass is 19.1. The number of amides is 3. The first kappa shape index (κ1) is 27.9. The van der Waals surface area contributed by atoms with Gasteiger partial charge in [0.2, 0.25) is 5.91 Å². The first-order valence-electron chi connectivity index (χ1n) is 13.4. The number of methoxy groups -OCH3 is 1. The molecule has 2 aliphatic heterocycles. The molecule has 4 bridgehead atoms. The summed E-state index contributed by atoms with van der Waals surface area (Å²) in [6.07, 6.45) is 3.69. The smallest absolute Gasteiger partial charge is 0.289 e. The molecule has 0 radical (unpaired) electrons. The van der Waals surface area contributed by atoms with Crippen molar-refractivity contribution in [2.45, 2.75) is 38.0 Å². The molecule has 2 aliphatic rings. The maximum atomic E-state index is 14.5. The monoisotopic (exact) mass is 565 g/mol. The third kappa shape index (κ3) is 6.76. The number of imidazole rings is 1. The van der Waals surface area contributed by atoms with Gasteiger partial charge in [0, 0.05) is 58.0 Å². The van der Waals surface area contributed by atoms with Gasteiger partial charge in [0.1, 0.15) is 17.7 Å². The quantitative estimate of drug-likeness (QED) is 0.487. The molecule has 3 amide bonds. The third-order valence-electron chi connectivity index (χ3n) is 7.13. The van der Waals surface area contributed by atoms with Crippen molar-refractivity contribution in [2.24, 2.45) is 7.05 Å². The summed E-state index contributed by atoms with van der Waals surface area (Å²) in [5, 5.41) is 5.77. The van der Waals surface area contributed by atoms with Crippen LogP contribution in [-0.4, -0.2) is 71.1 Å². The number of nitrogens with zero attached hydrogens (tertiary/aromatic N) is 3. The third-order valence-corrected chi connectivity index (χ3v) is 7.13. The van der Waals surface area contributed by atoms with Gasteiger partial charge in [-0.1, -0.05) is 6.07 Å². The molecule has 11 nitrogen and oxygen atoms in total. The van der Waals surface area contributed by atoms with E-state index in [1.807, 2.05) is 6.07 Å². The zero-order chi connectivity index (χ0) is 28.9. The number of ether oxygens (including phenoxy) is 3. The molecule has 1 aromatic heterocycles. The summed E-state index contributed by atoms with van der Waals surface area (Å²) in [7, 11) is 3.24. The maximum Gasteiger partial charge on any atom is 0.289 e. The molecule has 41 heavy (non-hydrogen) atoms. The Morgan fingerprint density at radius 1 is 1.12 bits per heavy atom. The summed E-state index contributed by atoms with van der Waals surface area (Å²) in [6, 6.07) is 8.92. The Bertz CT molecular complexity index is 1440. The molecule has 2 aromatic carbocycles. The average Bonchev–Trinajstić information content (AvgIpc) is 3.39. The van der Waals surface area contributed by atoms with Crippen LogP contribution in [0.4, 0.5) is 4.39 Å². The van der Waals surface area contributed by atoms with Crippen molar-refractivity contribution in [1.82, 2.24) is 25.1 Å². The van der Waals surface area contributed by atoms with Gasteiger partial charge in [0.15, 0.2) is 23.9 Å². The van der Waals surface area contributed by atoms with Gasteiger partial charge < -0.3 is 34.3 Å². The molecule has 3 heterocycles. The second-order valence-electron chi connectivity index (χ2n) is 10.1. The molecule has 12 heteroatoms. The van der Waals surface area contributed by atoms with Crippen LogP contribution in [0.3, 0.4) is 0 Å². The van der Waals surface area contributed by atoms with E-state index in [-0.39, 0.29) is 49.5 Å². The fraction of sp³-hybridized carbons (Fsp3) is 0.379. The number of hydrogen-bond acceptors (Lipinski definition) is 7. The molecule has 0 saturated carbocycles. The number of rotatable bonds is 2. The molecule has 216 valence electrons. The van der Waals surface area contributed by atoms with E-state index in [2.05, 4.69) is 15.6 Å². The molecule has 2 atom stereocenters. The Morgan fingerprint density at radius 2 is 1.98 bits per heavy atom. The summed E-state index contributed by atoms with van der Waals surface area (Å²) in [5.41, 5.74) is 1.37. The second kappa shape index (κ2) is 12.3. The summed E-state index contributed by atoms with van der Waals surface area (Å²) in [4.78, 5) is 44.6. The van der Waals surface area contributed by atoms with Gasteiger partial charge in [0.25, 0.3) is 11.8 Å². The van der Waals surface area contributed by atoms with Crippen LogP contribution in [0.2, 0.25) is 0 Å². The lowest BCUT2D eigenvalue weighted by Gasteiger charge is -2.38. The lowest BCUT2D eigenvalue weighted by Crippen LogP contribution is -2.58. The highest BCUT2D eigenvalue weighted by Crippen LogP contribution is 2.29. The van der Waals surface area contributed by atoms with Crippen LogP contribution in [0.1, 0.15) is 34.6 Å². The average molecular weight is 566 g/mol. The highest BCUT2D eigenvalue weighted by molar-refractivity contribution is 5.91. The Morgan fingerprint density at radius 3 is 2.76 bits per heavy atom. The number of piperidine rings is 1. The minimum Gasteiger partial charge on any atom is -0.493 e. The number of aromatic nitrogens is 2. The van der Waals surface area contributed by atoms with Crippen LogP contribution >= 0.6 is 0 Å². The number of fused-ring (bicyclic) bond motifs is 5. The van der Waals surface area contributed by atoms with Crippen LogP contribution in [0.5, 0.6) is 17.2 Å². The number of aryl methyl sites for hydroxylation is 2. The molecular formula is C29H32FN5O6. The van der Waals surface area contributed by atoms with Crippen LogP contribution < -0.4 is 24.8 Å². The van der Waals surface area contributed by atoms with Crippen molar-refractivity contribution >= 4 is 17.7 Å². The predicted molar refractivity (Wildman–Crippen MR) is 145 cm³/mol. The normalized spacial score (nSPS) is 19.8. The van der Waals surface area contributed by atoms with Crippen molar-refractivity contribution in [1.29, 1.82) is 0 Å². The van der Waals surface area contributed by atoms with Gasteiger partial charge in [-0.25, -0.2) is 9.37 Å². The van der Waals surface area contributed by atoms with Crippen molar-refractivity contribution in [2.75, 3.05) is 26.8 Å². The Kier molecular flexibility index (Phi) is 8.37. The van der Waals surface area contributed by atoms with Gasteiger partial charge in [-0.15, -0.1) is 0 Å². The zero-order valence-corrected chi connectivity index (χ0v) is 22.9. The maximum absolute atomic E-state index is 14.5. The molecule has 0 aliphatic carbocycles. The molecule has 5 rings (SSSR count). The molecule has 3 aromatic rings. The summed E-state index contributed by atoms with van der Waals surface area (Å²) < 4.78 is 33.5. The first-order chi connectivity index (χ1) is 19.8.